The van der Waals surface area contributed by atoms with Crippen LogP contribution in [0.5, 0.6) is 5.75 Å². The first-order valence-electron chi connectivity index (χ1n) is 5.30. The Morgan fingerprint density at radius 1 is 1.32 bits per heavy atom. The molecule has 0 amide bonds. The predicted octanol–water partition coefficient (Wildman–Crippen LogP) is 4.12. The molecule has 0 aliphatic rings. The monoisotopic (exact) mass is 311 g/mol. The van der Waals surface area contributed by atoms with E-state index in [1.54, 1.807) is 41.9 Å². The molecular weight excluding hydrogens is 305 g/mol. The van der Waals surface area contributed by atoms with Gasteiger partial charge in [0.2, 0.25) is 0 Å². The SMILES string of the molecule is Clc1ccc(ON=Cc2cnc3sccn23)cc1Cl. The first-order valence-corrected chi connectivity index (χ1v) is 6.93. The number of rotatable bonds is 3. The quantitative estimate of drug-likeness (QED) is 0.539. The van der Waals surface area contributed by atoms with Crippen LogP contribution in [-0.4, -0.2) is 15.6 Å². The number of hydrogen-bond donors (Lipinski definition) is 0. The van der Waals surface area contributed by atoms with E-state index in [2.05, 4.69) is 10.1 Å². The molecule has 3 rings (SSSR count). The first-order chi connectivity index (χ1) is 9.24. The Labute approximate surface area is 122 Å². The van der Waals surface area contributed by atoms with Crippen LogP contribution in [-0.2, 0) is 0 Å². The highest BCUT2D eigenvalue weighted by atomic mass is 35.5. The Bertz CT molecular complexity index is 750. The number of fused-ring (bicyclic) bond motifs is 1. The fourth-order valence-corrected chi connectivity index (χ4v) is 2.50. The van der Waals surface area contributed by atoms with Gasteiger partial charge in [0.1, 0.15) is 0 Å². The van der Waals surface area contributed by atoms with Gasteiger partial charge in [0.05, 0.1) is 28.2 Å². The Morgan fingerprint density at radius 3 is 3.05 bits per heavy atom. The maximum absolute atomic E-state index is 5.88. The van der Waals surface area contributed by atoms with E-state index in [0.717, 1.165) is 10.7 Å². The summed E-state index contributed by atoms with van der Waals surface area (Å²) in [6.07, 6.45) is 5.25. The second kappa shape index (κ2) is 5.21. The molecule has 0 bridgehead atoms. The minimum atomic E-state index is 0.430. The van der Waals surface area contributed by atoms with Crippen molar-refractivity contribution in [2.45, 2.75) is 0 Å². The largest absolute Gasteiger partial charge is 0.357 e. The van der Waals surface area contributed by atoms with Crippen molar-refractivity contribution in [2.24, 2.45) is 5.16 Å². The fourth-order valence-electron chi connectivity index (χ4n) is 1.52. The Balaban J connectivity index is 1.77. The van der Waals surface area contributed by atoms with E-state index in [1.165, 1.54) is 0 Å². The highest BCUT2D eigenvalue weighted by molar-refractivity contribution is 7.15. The molecule has 0 spiro atoms. The molecule has 19 heavy (non-hydrogen) atoms. The normalized spacial score (nSPS) is 11.5. The van der Waals surface area contributed by atoms with Crippen LogP contribution >= 0.6 is 34.5 Å². The lowest BCUT2D eigenvalue weighted by atomic mass is 10.3. The molecule has 2 aromatic heterocycles. The maximum atomic E-state index is 5.88. The summed E-state index contributed by atoms with van der Waals surface area (Å²) in [5, 5.41) is 6.77. The van der Waals surface area contributed by atoms with Crippen molar-refractivity contribution >= 4 is 45.7 Å². The van der Waals surface area contributed by atoms with Gasteiger partial charge in [0.15, 0.2) is 10.7 Å². The Morgan fingerprint density at radius 2 is 2.21 bits per heavy atom. The number of aromatic nitrogens is 2. The van der Waals surface area contributed by atoms with Crippen molar-refractivity contribution in [1.29, 1.82) is 0 Å². The van der Waals surface area contributed by atoms with Crippen LogP contribution in [0.25, 0.3) is 4.96 Å². The maximum Gasteiger partial charge on any atom is 0.194 e. The van der Waals surface area contributed by atoms with E-state index in [0.29, 0.717) is 15.8 Å². The molecule has 0 unspecified atom stereocenters. The number of nitrogens with zero attached hydrogens (tertiary/aromatic N) is 3. The lowest BCUT2D eigenvalue weighted by molar-refractivity contribution is 0.344. The van der Waals surface area contributed by atoms with Crippen molar-refractivity contribution < 1.29 is 4.84 Å². The van der Waals surface area contributed by atoms with Gasteiger partial charge in [-0.1, -0.05) is 28.4 Å². The van der Waals surface area contributed by atoms with Crippen molar-refractivity contribution in [3.05, 3.63) is 51.7 Å². The highest BCUT2D eigenvalue weighted by Gasteiger charge is 2.02. The van der Waals surface area contributed by atoms with Crippen LogP contribution in [0.15, 0.2) is 41.1 Å². The van der Waals surface area contributed by atoms with Crippen LogP contribution in [0.3, 0.4) is 0 Å². The number of thiazole rings is 1. The smallest absolute Gasteiger partial charge is 0.194 e. The van der Waals surface area contributed by atoms with Gasteiger partial charge in [-0.3, -0.25) is 4.40 Å². The molecule has 2 heterocycles. The summed E-state index contributed by atoms with van der Waals surface area (Å²) in [6.45, 7) is 0. The number of oxime groups is 1. The van der Waals surface area contributed by atoms with E-state index < -0.39 is 0 Å². The third kappa shape index (κ3) is 2.58. The van der Waals surface area contributed by atoms with Gasteiger partial charge in [-0.05, 0) is 12.1 Å². The molecule has 0 saturated carbocycles. The lowest BCUT2D eigenvalue weighted by Crippen LogP contribution is -1.90. The van der Waals surface area contributed by atoms with Gasteiger partial charge in [0.25, 0.3) is 0 Å². The van der Waals surface area contributed by atoms with E-state index in [1.807, 2.05) is 16.0 Å². The summed E-state index contributed by atoms with van der Waals surface area (Å²) in [5.74, 6) is 0.525. The minimum Gasteiger partial charge on any atom is -0.357 e. The number of benzene rings is 1. The van der Waals surface area contributed by atoms with Gasteiger partial charge in [-0.25, -0.2) is 4.98 Å². The standard InChI is InChI=1S/C12H7Cl2N3OS/c13-10-2-1-9(5-11(10)14)18-16-7-8-6-15-12-17(8)3-4-19-12/h1-7H. The molecule has 0 atom stereocenters. The number of hydrogen-bond acceptors (Lipinski definition) is 4. The third-order valence-corrected chi connectivity index (χ3v) is 3.92. The number of imidazole rings is 1. The van der Waals surface area contributed by atoms with Crippen molar-refractivity contribution in [3.8, 4) is 5.75 Å². The zero-order chi connectivity index (χ0) is 13.2. The zero-order valence-corrected chi connectivity index (χ0v) is 11.8. The second-order valence-corrected chi connectivity index (χ2v) is 5.33. The molecule has 3 aromatic rings. The predicted molar refractivity (Wildman–Crippen MR) is 77.8 cm³/mol. The van der Waals surface area contributed by atoms with Crippen molar-refractivity contribution in [2.75, 3.05) is 0 Å². The molecule has 0 N–H and O–H groups in total. The van der Waals surface area contributed by atoms with Gasteiger partial charge in [-0.2, -0.15) is 0 Å². The molecule has 0 aliphatic carbocycles. The summed E-state index contributed by atoms with van der Waals surface area (Å²) >= 11 is 13.3. The molecular formula is C12H7Cl2N3OS. The molecule has 0 aliphatic heterocycles. The Hall–Kier alpha value is -1.56. The summed E-state index contributed by atoms with van der Waals surface area (Å²) in [5.41, 5.74) is 0.844. The van der Waals surface area contributed by atoms with E-state index >= 15 is 0 Å². The van der Waals surface area contributed by atoms with Crippen LogP contribution in [0.1, 0.15) is 5.69 Å². The molecule has 4 nitrogen and oxygen atoms in total. The molecule has 0 radical (unpaired) electrons. The average molecular weight is 312 g/mol. The van der Waals surface area contributed by atoms with Crippen molar-refractivity contribution in [1.82, 2.24) is 9.38 Å². The van der Waals surface area contributed by atoms with E-state index in [4.69, 9.17) is 28.0 Å². The second-order valence-electron chi connectivity index (χ2n) is 3.64. The van der Waals surface area contributed by atoms with Gasteiger partial charge < -0.3 is 4.84 Å². The zero-order valence-electron chi connectivity index (χ0n) is 9.46. The Kier molecular flexibility index (Phi) is 3.42. The van der Waals surface area contributed by atoms with Gasteiger partial charge in [-0.15, -0.1) is 11.3 Å². The summed E-state index contributed by atoms with van der Waals surface area (Å²) < 4.78 is 1.92. The summed E-state index contributed by atoms with van der Waals surface area (Å²) in [7, 11) is 0. The van der Waals surface area contributed by atoms with Crippen LogP contribution in [0, 0.1) is 0 Å². The van der Waals surface area contributed by atoms with E-state index in [9.17, 15) is 0 Å². The van der Waals surface area contributed by atoms with Gasteiger partial charge in [0, 0.05) is 17.6 Å². The van der Waals surface area contributed by atoms with Crippen LogP contribution in [0.4, 0.5) is 0 Å². The topological polar surface area (TPSA) is 38.9 Å². The minimum absolute atomic E-state index is 0.430. The summed E-state index contributed by atoms with van der Waals surface area (Å²) in [6, 6.07) is 4.96. The highest BCUT2D eigenvalue weighted by Crippen LogP contribution is 2.26. The lowest BCUT2D eigenvalue weighted by Gasteiger charge is -1.99. The van der Waals surface area contributed by atoms with Gasteiger partial charge >= 0.3 is 0 Å². The molecule has 7 heteroatoms. The summed E-state index contributed by atoms with van der Waals surface area (Å²) in [4.78, 5) is 10.4. The third-order valence-electron chi connectivity index (χ3n) is 2.41. The van der Waals surface area contributed by atoms with Crippen LogP contribution in [0.2, 0.25) is 10.0 Å². The van der Waals surface area contributed by atoms with Crippen molar-refractivity contribution in [3.63, 3.8) is 0 Å². The number of halogens is 2. The first kappa shape index (κ1) is 12.5. The average Bonchev–Trinajstić information content (AvgIpc) is 2.98. The van der Waals surface area contributed by atoms with E-state index in [-0.39, 0.29) is 0 Å². The molecule has 96 valence electrons. The van der Waals surface area contributed by atoms with Crippen LogP contribution < -0.4 is 4.84 Å². The molecule has 0 fully saturated rings. The fraction of sp³-hybridized carbons (Fsp3) is 0. The molecule has 1 aromatic carbocycles. The molecule has 0 saturated heterocycles.